The van der Waals surface area contributed by atoms with Crippen LogP contribution in [-0.4, -0.2) is 38.9 Å². The van der Waals surface area contributed by atoms with E-state index in [0.717, 1.165) is 0 Å². The zero-order chi connectivity index (χ0) is 16.0. The molecule has 0 unspecified atom stereocenters. The number of nitrogens with one attached hydrogen (secondary N) is 1. The van der Waals surface area contributed by atoms with E-state index in [1.54, 1.807) is 4.90 Å². The summed E-state index contributed by atoms with van der Waals surface area (Å²) in [5.41, 5.74) is 5.78. The summed E-state index contributed by atoms with van der Waals surface area (Å²) < 4.78 is 26.5. The molecule has 0 radical (unpaired) electrons. The van der Waals surface area contributed by atoms with Crippen molar-refractivity contribution in [3.8, 4) is 0 Å². The Balaban J connectivity index is 2.65. The second kappa shape index (κ2) is 7.63. The van der Waals surface area contributed by atoms with Crippen LogP contribution < -0.4 is 10.5 Å². The highest BCUT2D eigenvalue weighted by atomic mass is 35.5. The smallest absolute Gasteiger partial charge is 0.240 e. The number of nitrogens with two attached hydrogens (primary N) is 1. The highest BCUT2D eigenvalue weighted by Crippen LogP contribution is 2.21. The maximum absolute atomic E-state index is 12.1. The number of hydrogen-bond acceptors (Lipinski definition) is 4. The number of rotatable bonds is 7. The maximum Gasteiger partial charge on any atom is 0.240 e. The van der Waals surface area contributed by atoms with Gasteiger partial charge >= 0.3 is 0 Å². The molecule has 1 amide bonds. The molecule has 1 aromatic rings. The molecule has 0 aliphatic heterocycles. The van der Waals surface area contributed by atoms with Gasteiger partial charge in [-0.15, -0.1) is 0 Å². The third-order valence-electron chi connectivity index (χ3n) is 3.02. The normalized spacial score (nSPS) is 11.4. The minimum atomic E-state index is -3.69. The molecule has 1 aromatic carbocycles. The molecule has 118 valence electrons. The van der Waals surface area contributed by atoms with Crippen LogP contribution in [0.1, 0.15) is 20.3 Å². The van der Waals surface area contributed by atoms with E-state index in [9.17, 15) is 13.2 Å². The van der Waals surface area contributed by atoms with E-state index >= 15 is 0 Å². The van der Waals surface area contributed by atoms with E-state index in [1.807, 2.05) is 13.8 Å². The van der Waals surface area contributed by atoms with Gasteiger partial charge in [0.25, 0.3) is 0 Å². The van der Waals surface area contributed by atoms with Gasteiger partial charge in [0.05, 0.1) is 15.6 Å². The van der Waals surface area contributed by atoms with Gasteiger partial charge in [-0.25, -0.2) is 13.1 Å². The molecule has 0 bridgehead atoms. The molecule has 0 fully saturated rings. The molecule has 1 rings (SSSR count). The number of amides is 1. The molecule has 0 saturated heterocycles. The summed E-state index contributed by atoms with van der Waals surface area (Å²) in [6.07, 6.45) is 0.115. The SMILES string of the molecule is CCN(CC)C(=O)CCNS(=O)(=O)c1ccc(Cl)c(N)c1. The third kappa shape index (κ3) is 4.87. The van der Waals surface area contributed by atoms with Crippen LogP contribution in [0.15, 0.2) is 23.1 Å². The Morgan fingerprint density at radius 3 is 2.48 bits per heavy atom. The van der Waals surface area contributed by atoms with Gasteiger partial charge < -0.3 is 10.6 Å². The fourth-order valence-electron chi connectivity index (χ4n) is 1.80. The molecule has 0 saturated carbocycles. The Bertz CT molecular complexity index is 601. The summed E-state index contributed by atoms with van der Waals surface area (Å²) in [6.45, 7) is 5.01. The first kappa shape index (κ1) is 17.7. The number of nitrogens with zero attached hydrogens (tertiary/aromatic N) is 1. The van der Waals surface area contributed by atoms with Gasteiger partial charge in [0.15, 0.2) is 0 Å². The second-order valence-electron chi connectivity index (χ2n) is 4.40. The van der Waals surface area contributed by atoms with Crippen LogP contribution in [0.2, 0.25) is 5.02 Å². The minimum absolute atomic E-state index is 0.0275. The van der Waals surface area contributed by atoms with Crippen molar-refractivity contribution in [2.75, 3.05) is 25.4 Å². The van der Waals surface area contributed by atoms with Crippen LogP contribution in [0.25, 0.3) is 0 Å². The summed E-state index contributed by atoms with van der Waals surface area (Å²) >= 11 is 5.75. The van der Waals surface area contributed by atoms with Crippen LogP contribution in [0.5, 0.6) is 0 Å². The van der Waals surface area contributed by atoms with Crippen LogP contribution in [-0.2, 0) is 14.8 Å². The van der Waals surface area contributed by atoms with Gasteiger partial charge in [0, 0.05) is 26.1 Å². The van der Waals surface area contributed by atoms with Gasteiger partial charge in [-0.3, -0.25) is 4.79 Å². The summed E-state index contributed by atoms with van der Waals surface area (Å²) in [6, 6.07) is 4.08. The lowest BCUT2D eigenvalue weighted by atomic mass is 10.3. The van der Waals surface area contributed by atoms with Crippen molar-refractivity contribution in [1.82, 2.24) is 9.62 Å². The molecular formula is C13H20ClN3O3S. The highest BCUT2D eigenvalue weighted by Gasteiger charge is 2.16. The topological polar surface area (TPSA) is 92.5 Å². The number of sulfonamides is 1. The average molecular weight is 334 g/mol. The van der Waals surface area contributed by atoms with Crippen molar-refractivity contribution in [3.63, 3.8) is 0 Å². The van der Waals surface area contributed by atoms with Gasteiger partial charge in [0.1, 0.15) is 0 Å². The summed E-state index contributed by atoms with van der Waals surface area (Å²) in [5.74, 6) is -0.0849. The third-order valence-corrected chi connectivity index (χ3v) is 4.83. The highest BCUT2D eigenvalue weighted by molar-refractivity contribution is 7.89. The predicted octanol–water partition coefficient (Wildman–Crippen LogP) is 1.46. The molecule has 6 nitrogen and oxygen atoms in total. The van der Waals surface area contributed by atoms with Gasteiger partial charge in [0.2, 0.25) is 15.9 Å². The fraction of sp³-hybridized carbons (Fsp3) is 0.462. The number of benzene rings is 1. The molecular weight excluding hydrogens is 314 g/mol. The van der Waals surface area contributed by atoms with Crippen molar-refractivity contribution in [1.29, 1.82) is 0 Å². The Labute approximate surface area is 130 Å². The van der Waals surface area contributed by atoms with Crippen molar-refractivity contribution in [3.05, 3.63) is 23.2 Å². The first-order valence-electron chi connectivity index (χ1n) is 6.64. The Hall–Kier alpha value is -1.31. The zero-order valence-corrected chi connectivity index (χ0v) is 13.7. The lowest BCUT2D eigenvalue weighted by molar-refractivity contribution is -0.130. The van der Waals surface area contributed by atoms with E-state index in [-0.39, 0.29) is 29.5 Å². The van der Waals surface area contributed by atoms with Crippen LogP contribution >= 0.6 is 11.6 Å². The molecule has 0 aliphatic carbocycles. The Morgan fingerprint density at radius 2 is 1.95 bits per heavy atom. The molecule has 0 aromatic heterocycles. The summed E-state index contributed by atoms with van der Waals surface area (Å²) in [4.78, 5) is 13.5. The van der Waals surface area contributed by atoms with E-state index in [4.69, 9.17) is 17.3 Å². The number of halogens is 1. The van der Waals surface area contributed by atoms with Crippen molar-refractivity contribution in [2.24, 2.45) is 0 Å². The van der Waals surface area contributed by atoms with Crippen LogP contribution in [0.3, 0.4) is 0 Å². The van der Waals surface area contributed by atoms with E-state index in [2.05, 4.69) is 4.72 Å². The number of carbonyl (C=O) groups is 1. The van der Waals surface area contributed by atoms with Crippen molar-refractivity contribution < 1.29 is 13.2 Å². The number of carbonyl (C=O) groups excluding carboxylic acids is 1. The lowest BCUT2D eigenvalue weighted by Gasteiger charge is -2.18. The van der Waals surface area contributed by atoms with Gasteiger partial charge in [-0.05, 0) is 32.0 Å². The molecule has 8 heteroatoms. The summed E-state index contributed by atoms with van der Waals surface area (Å²) in [7, 11) is -3.69. The Kier molecular flexibility index (Phi) is 6.44. The van der Waals surface area contributed by atoms with Gasteiger partial charge in [-0.2, -0.15) is 0 Å². The minimum Gasteiger partial charge on any atom is -0.397 e. The molecule has 0 heterocycles. The molecule has 3 N–H and O–H groups in total. The standard InChI is InChI=1S/C13H20ClN3O3S/c1-3-17(4-2)13(18)7-8-16-21(19,20)10-5-6-11(14)12(15)9-10/h5-6,9,16H,3-4,7-8,15H2,1-2H3. The zero-order valence-electron chi connectivity index (χ0n) is 12.1. The monoisotopic (exact) mass is 333 g/mol. The van der Waals surface area contributed by atoms with E-state index in [0.29, 0.717) is 18.1 Å². The van der Waals surface area contributed by atoms with Crippen LogP contribution in [0.4, 0.5) is 5.69 Å². The first-order chi connectivity index (χ1) is 9.81. The Morgan fingerprint density at radius 1 is 1.33 bits per heavy atom. The largest absolute Gasteiger partial charge is 0.397 e. The molecule has 21 heavy (non-hydrogen) atoms. The number of anilines is 1. The van der Waals surface area contributed by atoms with E-state index < -0.39 is 10.0 Å². The molecule has 0 atom stereocenters. The van der Waals surface area contributed by atoms with Gasteiger partial charge in [-0.1, -0.05) is 11.6 Å². The molecule has 0 spiro atoms. The average Bonchev–Trinajstić information content (AvgIpc) is 2.43. The predicted molar refractivity (Wildman–Crippen MR) is 83.6 cm³/mol. The fourth-order valence-corrected chi connectivity index (χ4v) is 2.98. The van der Waals surface area contributed by atoms with E-state index in [1.165, 1.54) is 18.2 Å². The number of hydrogen-bond donors (Lipinski definition) is 2. The lowest BCUT2D eigenvalue weighted by Crippen LogP contribution is -2.34. The second-order valence-corrected chi connectivity index (χ2v) is 6.57. The van der Waals surface area contributed by atoms with Crippen molar-refractivity contribution in [2.45, 2.75) is 25.2 Å². The number of nitrogen functional groups attached to an aromatic ring is 1. The van der Waals surface area contributed by atoms with Crippen LogP contribution in [0, 0.1) is 0 Å². The first-order valence-corrected chi connectivity index (χ1v) is 8.50. The van der Waals surface area contributed by atoms with Crippen molar-refractivity contribution >= 4 is 33.2 Å². The molecule has 0 aliphatic rings. The quantitative estimate of drug-likeness (QED) is 0.739. The maximum atomic E-state index is 12.1. The summed E-state index contributed by atoms with van der Waals surface area (Å²) in [5, 5.41) is 0.297.